The van der Waals surface area contributed by atoms with E-state index in [1.165, 1.54) is 6.07 Å². The number of ether oxygens (including phenoxy) is 1. The summed E-state index contributed by atoms with van der Waals surface area (Å²) in [7, 11) is 3.48. The number of benzene rings is 2. The van der Waals surface area contributed by atoms with Crippen LogP contribution in [0.3, 0.4) is 0 Å². The number of urea groups is 1. The van der Waals surface area contributed by atoms with Gasteiger partial charge in [0, 0.05) is 56.9 Å². The number of hydrogen-bond donors (Lipinski definition) is 1. The average molecular weight is 696 g/mol. The number of hydrogen-bond acceptors (Lipinski definition) is 9. The van der Waals surface area contributed by atoms with E-state index in [0.29, 0.717) is 42.2 Å². The first-order chi connectivity index (χ1) is 24.5. The fourth-order valence-electron chi connectivity index (χ4n) is 6.70. The number of methoxy groups -OCH3 is 1. The van der Waals surface area contributed by atoms with Crippen molar-refractivity contribution in [3.8, 4) is 16.9 Å². The van der Waals surface area contributed by atoms with Crippen LogP contribution in [0.25, 0.3) is 22.2 Å². The van der Waals surface area contributed by atoms with E-state index in [0.717, 1.165) is 54.0 Å². The largest absolute Gasteiger partial charge is 0.497 e. The lowest BCUT2D eigenvalue weighted by Gasteiger charge is -2.37. The van der Waals surface area contributed by atoms with Crippen LogP contribution in [0, 0.1) is 5.82 Å². The van der Waals surface area contributed by atoms with Gasteiger partial charge in [-0.3, -0.25) is 4.79 Å². The van der Waals surface area contributed by atoms with Gasteiger partial charge in [-0.05, 0) is 53.8 Å². The fraction of sp³-hybridized carbons (Fsp3) is 0.405. The molecule has 1 N–H and O–H groups in total. The molecule has 2 saturated heterocycles. The molecule has 7 rings (SSSR count). The van der Waals surface area contributed by atoms with E-state index in [-0.39, 0.29) is 29.9 Å². The van der Waals surface area contributed by atoms with Gasteiger partial charge in [-0.2, -0.15) is 10.1 Å². The van der Waals surface area contributed by atoms with E-state index < -0.39 is 11.7 Å². The summed E-state index contributed by atoms with van der Waals surface area (Å²) in [5.74, 6) is 0.702. The van der Waals surface area contributed by atoms with Crippen molar-refractivity contribution in [2.24, 2.45) is 0 Å². The molecule has 2 aliphatic heterocycles. The van der Waals surface area contributed by atoms with Gasteiger partial charge < -0.3 is 29.3 Å². The van der Waals surface area contributed by atoms with Crippen molar-refractivity contribution < 1.29 is 23.2 Å². The Labute approximate surface area is 295 Å². The summed E-state index contributed by atoms with van der Waals surface area (Å²) in [6, 6.07) is 14.8. The van der Waals surface area contributed by atoms with Gasteiger partial charge in [0.2, 0.25) is 0 Å². The Balaban J connectivity index is 1.19. The predicted octanol–water partition coefficient (Wildman–Crippen LogP) is 5.24. The van der Waals surface area contributed by atoms with Crippen LogP contribution in [-0.4, -0.2) is 93.0 Å². The zero-order chi connectivity index (χ0) is 35.9. The minimum atomic E-state index is -0.576. The van der Waals surface area contributed by atoms with Crippen molar-refractivity contribution in [3.63, 3.8) is 0 Å². The summed E-state index contributed by atoms with van der Waals surface area (Å²) in [4.78, 5) is 40.7. The van der Waals surface area contributed by atoms with Crippen LogP contribution in [0.4, 0.5) is 15.0 Å². The number of rotatable bonds is 9. The van der Waals surface area contributed by atoms with Gasteiger partial charge in [0.1, 0.15) is 11.6 Å². The van der Waals surface area contributed by atoms with Crippen LogP contribution in [0.2, 0.25) is 0 Å². The van der Waals surface area contributed by atoms with Gasteiger partial charge in [0.25, 0.3) is 0 Å². The molecule has 2 aromatic carbocycles. The second-order valence-electron chi connectivity index (χ2n) is 14.2. The molecule has 13 nitrogen and oxygen atoms in total. The van der Waals surface area contributed by atoms with Crippen LogP contribution < -0.4 is 15.0 Å². The Bertz CT molecular complexity index is 2070. The van der Waals surface area contributed by atoms with Gasteiger partial charge in [0.05, 0.1) is 25.1 Å². The third-order valence-electron chi connectivity index (χ3n) is 9.57. The molecule has 3 amide bonds. The Morgan fingerprint density at radius 2 is 1.90 bits per heavy atom. The topological polar surface area (TPSA) is 135 Å². The second kappa shape index (κ2) is 13.6. The van der Waals surface area contributed by atoms with E-state index >= 15 is 4.39 Å². The Morgan fingerprint density at radius 3 is 2.63 bits per heavy atom. The lowest BCUT2D eigenvalue weighted by Crippen LogP contribution is -2.52. The van der Waals surface area contributed by atoms with Gasteiger partial charge >= 0.3 is 17.8 Å². The number of anilines is 1. The third-order valence-corrected chi connectivity index (χ3v) is 9.57. The molecular formula is C37H42FN9O4. The first kappa shape index (κ1) is 33.9. The average Bonchev–Trinajstić information content (AvgIpc) is 3.89. The molecule has 5 aromatic rings. The SMILES string of the molecule is COc1ccc(Cn2nc(N3CCC(N4CCCN(C)C4=O)C3)c3c(-c4ccc(CNC(=O)c5nc(C(C)(C)C)no5)c(F)c4)ccnc32)cc1. The quantitative estimate of drug-likeness (QED) is 0.220. The molecule has 0 radical (unpaired) electrons. The molecule has 1 unspecified atom stereocenters. The van der Waals surface area contributed by atoms with Crippen LogP contribution in [-0.2, 0) is 18.5 Å². The van der Waals surface area contributed by atoms with Crippen molar-refractivity contribution >= 4 is 28.8 Å². The first-order valence-corrected chi connectivity index (χ1v) is 17.2. The number of fused-ring (bicyclic) bond motifs is 1. The molecule has 0 spiro atoms. The highest BCUT2D eigenvalue weighted by atomic mass is 19.1. The number of aromatic nitrogens is 5. The molecular weight excluding hydrogens is 653 g/mol. The molecule has 51 heavy (non-hydrogen) atoms. The smallest absolute Gasteiger partial charge is 0.320 e. The second-order valence-corrected chi connectivity index (χ2v) is 14.2. The van der Waals surface area contributed by atoms with Gasteiger partial charge in [-0.1, -0.05) is 50.2 Å². The maximum atomic E-state index is 15.7. The van der Waals surface area contributed by atoms with Crippen LogP contribution >= 0.6 is 0 Å². The first-order valence-electron chi connectivity index (χ1n) is 17.2. The minimum Gasteiger partial charge on any atom is -0.497 e. The van der Waals surface area contributed by atoms with E-state index in [4.69, 9.17) is 19.3 Å². The van der Waals surface area contributed by atoms with Crippen LogP contribution in [0.15, 0.2) is 59.3 Å². The summed E-state index contributed by atoms with van der Waals surface area (Å²) in [5.41, 5.74) is 3.05. The molecule has 14 heteroatoms. The molecule has 5 heterocycles. The Morgan fingerprint density at radius 1 is 1.10 bits per heavy atom. The third kappa shape index (κ3) is 6.82. The molecule has 0 aliphatic carbocycles. The summed E-state index contributed by atoms with van der Waals surface area (Å²) >= 11 is 0. The standard InChI is InChI=1S/C37H42FN9O4/c1-37(2,3)35-41-34(51-43-35)33(48)40-20-25-10-9-24(19-29(25)38)28-13-15-39-31-30(28)32(42-47(31)21-23-7-11-27(50-5)12-8-23)45-18-14-26(22-45)46-17-6-16-44(4)36(46)49/h7-13,15,19,26H,6,14,16-18,20-22H2,1-5H3,(H,40,48). The number of carbonyl (C=O) groups excluding carboxylic acids is 2. The summed E-state index contributed by atoms with van der Waals surface area (Å²) < 4.78 is 28.1. The van der Waals surface area contributed by atoms with Crippen molar-refractivity contribution in [1.82, 2.24) is 40.0 Å². The summed E-state index contributed by atoms with van der Waals surface area (Å²) in [5, 5.41) is 12.5. The molecule has 2 fully saturated rings. The van der Waals surface area contributed by atoms with Crippen molar-refractivity contribution in [3.05, 3.63) is 83.4 Å². The molecule has 0 saturated carbocycles. The lowest BCUT2D eigenvalue weighted by atomic mass is 9.96. The number of nitrogens with one attached hydrogen (secondary N) is 1. The van der Waals surface area contributed by atoms with Crippen molar-refractivity contribution in [2.45, 2.75) is 58.2 Å². The Hall–Kier alpha value is -5.53. The number of pyridine rings is 1. The Kier molecular flexibility index (Phi) is 9.08. The van der Waals surface area contributed by atoms with Crippen molar-refractivity contribution in [1.29, 1.82) is 0 Å². The zero-order valence-corrected chi connectivity index (χ0v) is 29.5. The monoisotopic (exact) mass is 695 g/mol. The molecule has 0 bridgehead atoms. The van der Waals surface area contributed by atoms with E-state index in [2.05, 4.69) is 20.4 Å². The van der Waals surface area contributed by atoms with Crippen molar-refractivity contribution in [2.75, 3.05) is 45.2 Å². The van der Waals surface area contributed by atoms with Gasteiger partial charge in [-0.15, -0.1) is 0 Å². The molecule has 3 aromatic heterocycles. The highest BCUT2D eigenvalue weighted by Gasteiger charge is 2.36. The maximum absolute atomic E-state index is 15.7. The normalized spacial score (nSPS) is 16.7. The van der Waals surface area contributed by atoms with Crippen LogP contribution in [0.1, 0.15) is 61.2 Å². The summed E-state index contributed by atoms with van der Waals surface area (Å²) in [6.45, 7) is 9.00. The number of amides is 3. The molecule has 266 valence electrons. The number of carbonyl (C=O) groups is 2. The number of halogens is 1. The fourth-order valence-corrected chi connectivity index (χ4v) is 6.70. The van der Waals surface area contributed by atoms with E-state index in [1.807, 2.05) is 73.8 Å². The maximum Gasteiger partial charge on any atom is 0.320 e. The zero-order valence-electron chi connectivity index (χ0n) is 29.5. The van der Waals surface area contributed by atoms with E-state index in [1.54, 1.807) is 24.3 Å². The highest BCUT2D eigenvalue weighted by Crippen LogP contribution is 2.37. The van der Waals surface area contributed by atoms with E-state index in [9.17, 15) is 9.59 Å². The molecule has 1 atom stereocenters. The highest BCUT2D eigenvalue weighted by molar-refractivity contribution is 6.01. The van der Waals surface area contributed by atoms with Crippen LogP contribution in [0.5, 0.6) is 5.75 Å². The molecule has 2 aliphatic rings. The van der Waals surface area contributed by atoms with Gasteiger partial charge in [0.15, 0.2) is 17.3 Å². The lowest BCUT2D eigenvalue weighted by molar-refractivity contribution is 0.0906. The number of nitrogens with zero attached hydrogens (tertiary/aromatic N) is 8. The predicted molar refractivity (Wildman–Crippen MR) is 189 cm³/mol. The summed E-state index contributed by atoms with van der Waals surface area (Å²) in [6.07, 6.45) is 3.47. The minimum absolute atomic E-state index is 0.0568. The van der Waals surface area contributed by atoms with Gasteiger partial charge in [-0.25, -0.2) is 18.9 Å².